The van der Waals surface area contributed by atoms with Gasteiger partial charge in [-0.15, -0.1) is 0 Å². The summed E-state index contributed by atoms with van der Waals surface area (Å²) in [5.74, 6) is -2.38. The summed E-state index contributed by atoms with van der Waals surface area (Å²) in [6.07, 6.45) is 4.25. The van der Waals surface area contributed by atoms with E-state index in [0.29, 0.717) is 35.0 Å². The lowest BCUT2D eigenvalue weighted by molar-refractivity contribution is -0.143. The van der Waals surface area contributed by atoms with E-state index in [2.05, 4.69) is 16.0 Å². The molecule has 4 atom stereocenters. The summed E-state index contributed by atoms with van der Waals surface area (Å²) in [7, 11) is 0. The number of carbonyl (C=O) groups excluding carboxylic acids is 3. The van der Waals surface area contributed by atoms with Crippen LogP contribution in [0.3, 0.4) is 0 Å². The number of carboxylic acids is 1. The molecule has 3 amide bonds. The molecule has 0 radical (unpaired) electrons. The molecule has 2 aromatic carbocycles. The molecule has 11 heteroatoms. The maximum Gasteiger partial charge on any atom is 0.408 e. The topological polar surface area (TPSA) is 134 Å². The number of hydrogen-bond acceptors (Lipinski definition) is 5. The minimum absolute atomic E-state index is 0.0278. The summed E-state index contributed by atoms with van der Waals surface area (Å²) in [5, 5.41) is 19.0. The van der Waals surface area contributed by atoms with E-state index in [9.17, 15) is 24.3 Å². The van der Waals surface area contributed by atoms with E-state index in [4.69, 9.17) is 27.9 Å². The molecule has 0 spiro atoms. The van der Waals surface area contributed by atoms with Crippen molar-refractivity contribution in [1.82, 2.24) is 16.0 Å². The van der Waals surface area contributed by atoms with Gasteiger partial charge in [-0.1, -0.05) is 93.4 Å². The third kappa shape index (κ3) is 8.88. The van der Waals surface area contributed by atoms with E-state index in [1.807, 2.05) is 32.0 Å². The number of aliphatic carboxylic acids is 1. The maximum absolute atomic E-state index is 13.6. The van der Waals surface area contributed by atoms with Crippen LogP contribution in [0, 0.1) is 11.8 Å². The number of benzene rings is 2. The Kier molecular flexibility index (Phi) is 11.5. The van der Waals surface area contributed by atoms with Gasteiger partial charge in [-0.25, -0.2) is 9.59 Å². The molecular weight excluding hydrogens is 605 g/mol. The van der Waals surface area contributed by atoms with Gasteiger partial charge in [0, 0.05) is 27.9 Å². The van der Waals surface area contributed by atoms with E-state index < -0.39 is 47.5 Å². The maximum atomic E-state index is 13.6. The third-order valence-electron chi connectivity index (χ3n) is 8.82. The Labute approximate surface area is 268 Å². The predicted octanol–water partition coefficient (Wildman–Crippen LogP) is 6.17. The fourth-order valence-electron chi connectivity index (χ4n) is 6.23. The van der Waals surface area contributed by atoms with Gasteiger partial charge in [-0.3, -0.25) is 9.59 Å². The Morgan fingerprint density at radius 1 is 0.955 bits per heavy atom. The number of rotatable bonds is 12. The first-order valence-electron chi connectivity index (χ1n) is 15.2. The van der Waals surface area contributed by atoms with Crippen molar-refractivity contribution in [3.8, 4) is 0 Å². The molecule has 4 rings (SSSR count). The number of nitrogens with one attached hydrogen (secondary N) is 3. The smallest absolute Gasteiger partial charge is 0.408 e. The fraction of sp³-hybridized carbons (Fsp3) is 0.515. The molecule has 2 unspecified atom stereocenters. The van der Waals surface area contributed by atoms with Gasteiger partial charge in [-0.05, 0) is 60.6 Å². The van der Waals surface area contributed by atoms with Crippen molar-refractivity contribution < 1.29 is 29.0 Å². The van der Waals surface area contributed by atoms with Gasteiger partial charge >= 0.3 is 12.1 Å². The van der Waals surface area contributed by atoms with Crippen molar-refractivity contribution in [1.29, 1.82) is 0 Å². The van der Waals surface area contributed by atoms with E-state index in [0.717, 1.165) is 37.7 Å². The van der Waals surface area contributed by atoms with Gasteiger partial charge in [0.1, 0.15) is 18.2 Å². The van der Waals surface area contributed by atoms with Crippen molar-refractivity contribution in [3.63, 3.8) is 0 Å². The first-order valence-corrected chi connectivity index (χ1v) is 16.0. The summed E-state index contributed by atoms with van der Waals surface area (Å²) in [5.41, 5.74) is 0.797. The molecule has 2 aliphatic rings. The second-order valence-corrected chi connectivity index (χ2v) is 13.3. The van der Waals surface area contributed by atoms with Crippen molar-refractivity contribution in [2.75, 3.05) is 6.54 Å². The highest BCUT2D eigenvalue weighted by molar-refractivity contribution is 6.30. The summed E-state index contributed by atoms with van der Waals surface area (Å²) in [4.78, 5) is 51.4. The van der Waals surface area contributed by atoms with E-state index >= 15 is 0 Å². The number of amides is 3. The Morgan fingerprint density at radius 2 is 1.66 bits per heavy atom. The van der Waals surface area contributed by atoms with Crippen LogP contribution in [0.15, 0.2) is 48.5 Å². The highest BCUT2D eigenvalue weighted by atomic mass is 35.5. The fourth-order valence-corrected chi connectivity index (χ4v) is 6.55. The van der Waals surface area contributed by atoms with Crippen LogP contribution >= 0.6 is 23.2 Å². The standard InChI is InChI=1S/C33H41Cl2N3O6/c1-33(2,23-9-6-10-25(35)19-23)28(21-11-13-24(34)14-12-21)44-32(43)38-26(17-20-7-4-3-5-8-20)30(40)37-27(31(41)42)18-22-15-16-36-29(22)39/h6,9-14,19-20,22,26-28H,3-5,7-8,15-18H2,1-2H3,(H,36,39)(H,37,40)(H,38,43)(H,41,42)/t22?,26-,27-,28?/m0/s1. The summed E-state index contributed by atoms with van der Waals surface area (Å²) >= 11 is 12.5. The number of halogens is 2. The van der Waals surface area contributed by atoms with Gasteiger partial charge in [0.15, 0.2) is 0 Å². The highest BCUT2D eigenvalue weighted by Crippen LogP contribution is 2.41. The number of carboxylic acid groups (broad SMARTS) is 1. The van der Waals surface area contributed by atoms with Crippen molar-refractivity contribution >= 4 is 47.1 Å². The second-order valence-electron chi connectivity index (χ2n) is 12.4. The SMILES string of the molecule is CC(C)(c1cccc(Cl)c1)C(OC(=O)N[C@@H](CC1CCCCC1)C(=O)N[C@@H](CC1CCNC1=O)C(=O)O)c1ccc(Cl)cc1. The molecule has 2 aromatic rings. The van der Waals surface area contributed by atoms with Crippen LogP contribution in [0.5, 0.6) is 0 Å². The van der Waals surface area contributed by atoms with Crippen LogP contribution < -0.4 is 16.0 Å². The predicted molar refractivity (Wildman–Crippen MR) is 169 cm³/mol. The van der Waals surface area contributed by atoms with Crippen molar-refractivity contribution in [3.05, 3.63) is 69.7 Å². The van der Waals surface area contributed by atoms with Crippen LogP contribution in [-0.4, -0.2) is 47.6 Å². The number of carbonyl (C=O) groups is 4. The Hall–Kier alpha value is -3.30. The zero-order valence-corrected chi connectivity index (χ0v) is 26.6. The molecule has 0 bridgehead atoms. The first kappa shape index (κ1) is 33.6. The molecule has 1 aliphatic carbocycles. The molecule has 238 valence electrons. The van der Waals surface area contributed by atoms with Crippen LogP contribution in [0.4, 0.5) is 4.79 Å². The molecule has 44 heavy (non-hydrogen) atoms. The lowest BCUT2D eigenvalue weighted by atomic mass is 9.76. The largest absolute Gasteiger partial charge is 0.480 e. The average molecular weight is 647 g/mol. The quantitative estimate of drug-likeness (QED) is 0.218. The molecule has 1 saturated carbocycles. The molecule has 1 aliphatic heterocycles. The normalized spacial score (nSPS) is 19.4. The molecular formula is C33H41Cl2N3O6. The number of hydrogen-bond donors (Lipinski definition) is 4. The van der Waals surface area contributed by atoms with Crippen LogP contribution in [-0.2, 0) is 24.5 Å². The minimum atomic E-state index is -1.27. The zero-order chi connectivity index (χ0) is 31.9. The lowest BCUT2D eigenvalue weighted by Gasteiger charge is -2.35. The van der Waals surface area contributed by atoms with Crippen LogP contribution in [0.2, 0.25) is 10.0 Å². The van der Waals surface area contributed by atoms with Crippen molar-refractivity contribution in [2.45, 2.75) is 88.8 Å². The van der Waals surface area contributed by atoms with E-state index in [-0.39, 0.29) is 18.2 Å². The third-order valence-corrected chi connectivity index (χ3v) is 9.31. The average Bonchev–Trinajstić information content (AvgIpc) is 3.40. The lowest BCUT2D eigenvalue weighted by Crippen LogP contribution is -2.53. The Morgan fingerprint density at radius 3 is 2.27 bits per heavy atom. The molecule has 0 aromatic heterocycles. The second kappa shape index (κ2) is 15.1. The van der Waals surface area contributed by atoms with E-state index in [1.54, 1.807) is 30.3 Å². The molecule has 4 N–H and O–H groups in total. The molecule has 1 saturated heterocycles. The summed E-state index contributed by atoms with van der Waals surface area (Å²) in [6.45, 7) is 4.35. The van der Waals surface area contributed by atoms with Crippen molar-refractivity contribution in [2.24, 2.45) is 11.8 Å². The Bertz CT molecular complexity index is 1330. The molecule has 2 fully saturated rings. The number of ether oxygens (including phenoxy) is 1. The van der Waals surface area contributed by atoms with Gasteiger partial charge in [0.05, 0.1) is 0 Å². The minimum Gasteiger partial charge on any atom is -0.480 e. The zero-order valence-electron chi connectivity index (χ0n) is 25.1. The molecule has 1 heterocycles. The first-order chi connectivity index (χ1) is 20.9. The summed E-state index contributed by atoms with van der Waals surface area (Å²) < 4.78 is 6.09. The van der Waals surface area contributed by atoms with Gasteiger partial charge < -0.3 is 25.8 Å². The highest BCUT2D eigenvalue weighted by Gasteiger charge is 2.38. The van der Waals surface area contributed by atoms with Crippen LogP contribution in [0.1, 0.15) is 82.4 Å². The van der Waals surface area contributed by atoms with Gasteiger partial charge in [-0.2, -0.15) is 0 Å². The monoisotopic (exact) mass is 645 g/mol. The van der Waals surface area contributed by atoms with Gasteiger partial charge in [0.2, 0.25) is 11.8 Å². The number of alkyl carbamates (subject to hydrolysis) is 1. The molecule has 9 nitrogen and oxygen atoms in total. The Balaban J connectivity index is 1.55. The summed E-state index contributed by atoms with van der Waals surface area (Å²) in [6, 6.07) is 12.0. The van der Waals surface area contributed by atoms with Gasteiger partial charge in [0.25, 0.3) is 0 Å². The van der Waals surface area contributed by atoms with Crippen LogP contribution in [0.25, 0.3) is 0 Å². The van der Waals surface area contributed by atoms with E-state index in [1.165, 1.54) is 0 Å².